The molecule has 0 fully saturated rings. The Morgan fingerprint density at radius 1 is 1.24 bits per heavy atom. The molecule has 2 atom stereocenters. The summed E-state index contributed by atoms with van der Waals surface area (Å²) in [6.45, 7) is 2.48. The smallest absolute Gasteiger partial charge is 0.328 e. The molecule has 7 nitrogen and oxygen atoms in total. The van der Waals surface area contributed by atoms with Gasteiger partial charge in [-0.25, -0.2) is 4.79 Å². The van der Waals surface area contributed by atoms with Crippen molar-refractivity contribution in [2.45, 2.75) is 25.9 Å². The molecule has 114 valence electrons. The van der Waals surface area contributed by atoms with E-state index in [4.69, 9.17) is 15.6 Å². The molecule has 4 N–H and O–H groups in total. The fraction of sp³-hybridized carbons (Fsp3) is 0.357. The summed E-state index contributed by atoms with van der Waals surface area (Å²) in [5, 5.41) is 11.5. The van der Waals surface area contributed by atoms with Gasteiger partial charge in [0.25, 0.3) is 0 Å². The van der Waals surface area contributed by atoms with Gasteiger partial charge in [0.2, 0.25) is 5.91 Å². The van der Waals surface area contributed by atoms with Crippen LogP contribution in [0.3, 0.4) is 0 Å². The van der Waals surface area contributed by atoms with Crippen LogP contribution in [0.1, 0.15) is 24.2 Å². The maximum Gasteiger partial charge on any atom is 0.328 e. The number of amides is 1. The molecule has 0 aliphatic carbocycles. The van der Waals surface area contributed by atoms with Crippen molar-refractivity contribution in [3.8, 4) is 5.75 Å². The number of nitrogens with two attached hydrogens (primary N) is 1. The minimum atomic E-state index is -0.892. The van der Waals surface area contributed by atoms with Gasteiger partial charge < -0.3 is 20.9 Å². The number of hydrogen-bond acceptors (Lipinski definition) is 6. The van der Waals surface area contributed by atoms with Crippen molar-refractivity contribution in [2.24, 2.45) is 5.73 Å². The third-order valence-electron chi connectivity index (χ3n) is 2.66. The number of carbonyl (C=O) groups is 3. The first kappa shape index (κ1) is 16.6. The van der Waals surface area contributed by atoms with Gasteiger partial charge in [-0.05, 0) is 38.1 Å². The first-order chi connectivity index (χ1) is 9.81. The van der Waals surface area contributed by atoms with E-state index >= 15 is 0 Å². The molecular formula is C14H18N2O5. The second kappa shape index (κ2) is 7.39. The highest BCUT2D eigenvalue weighted by molar-refractivity contribution is 5.98. The van der Waals surface area contributed by atoms with Gasteiger partial charge in [-0.2, -0.15) is 0 Å². The molecule has 0 heterocycles. The molecular weight excluding hydrogens is 276 g/mol. The normalized spacial score (nSPS) is 13.1. The van der Waals surface area contributed by atoms with Gasteiger partial charge >= 0.3 is 5.97 Å². The molecule has 1 rings (SSSR count). The van der Waals surface area contributed by atoms with E-state index in [0.29, 0.717) is 5.56 Å². The Bertz CT molecular complexity index is 525. The number of ether oxygens (including phenoxy) is 1. The lowest BCUT2D eigenvalue weighted by molar-refractivity contribution is -0.146. The van der Waals surface area contributed by atoms with Crippen molar-refractivity contribution in [1.29, 1.82) is 0 Å². The molecule has 0 aliphatic rings. The monoisotopic (exact) mass is 294 g/mol. The summed E-state index contributed by atoms with van der Waals surface area (Å²) < 4.78 is 4.82. The Morgan fingerprint density at radius 2 is 1.81 bits per heavy atom. The number of phenolic OH excluding ortho intramolecular Hbond substituents is 1. The van der Waals surface area contributed by atoms with E-state index in [2.05, 4.69) is 5.32 Å². The molecule has 1 amide bonds. The number of aromatic hydroxyl groups is 1. The van der Waals surface area contributed by atoms with Gasteiger partial charge in [-0.3, -0.25) is 9.59 Å². The minimum Gasteiger partial charge on any atom is -0.508 e. The van der Waals surface area contributed by atoms with Crippen molar-refractivity contribution >= 4 is 17.7 Å². The zero-order chi connectivity index (χ0) is 16.0. The first-order valence-corrected chi connectivity index (χ1v) is 6.36. The van der Waals surface area contributed by atoms with Crippen LogP contribution in [0.25, 0.3) is 0 Å². The number of rotatable bonds is 6. The van der Waals surface area contributed by atoms with Gasteiger partial charge in [-0.1, -0.05) is 0 Å². The largest absolute Gasteiger partial charge is 0.508 e. The Morgan fingerprint density at radius 3 is 2.33 bits per heavy atom. The number of phenols is 1. The summed E-state index contributed by atoms with van der Waals surface area (Å²) in [6.07, 6.45) is 0. The number of nitrogens with one attached hydrogen (secondary N) is 1. The summed E-state index contributed by atoms with van der Waals surface area (Å²) in [5.41, 5.74) is 5.67. The number of benzene rings is 1. The van der Waals surface area contributed by atoms with Crippen LogP contribution in [-0.2, 0) is 14.3 Å². The number of hydrogen-bond donors (Lipinski definition) is 3. The minimum absolute atomic E-state index is 0.0378. The van der Waals surface area contributed by atoms with Crippen molar-refractivity contribution < 1.29 is 24.2 Å². The van der Waals surface area contributed by atoms with Crippen LogP contribution in [0.4, 0.5) is 0 Å². The quantitative estimate of drug-likeness (QED) is 0.501. The lowest BCUT2D eigenvalue weighted by Crippen LogP contribution is -2.46. The molecule has 21 heavy (non-hydrogen) atoms. The Labute approximate surface area is 122 Å². The van der Waals surface area contributed by atoms with E-state index in [1.165, 1.54) is 38.1 Å². The molecule has 0 aliphatic heterocycles. The molecule has 0 bridgehead atoms. The van der Waals surface area contributed by atoms with Crippen molar-refractivity contribution in [3.05, 3.63) is 29.8 Å². The Balaban J connectivity index is 2.47. The maximum atomic E-state index is 11.7. The Hall–Kier alpha value is -2.41. The highest BCUT2D eigenvalue weighted by Crippen LogP contribution is 2.10. The first-order valence-electron chi connectivity index (χ1n) is 6.36. The van der Waals surface area contributed by atoms with E-state index in [9.17, 15) is 14.4 Å². The number of carbonyl (C=O) groups excluding carboxylic acids is 3. The lowest BCUT2D eigenvalue weighted by Gasteiger charge is -2.14. The molecule has 0 saturated carbocycles. The lowest BCUT2D eigenvalue weighted by atomic mass is 10.1. The zero-order valence-electron chi connectivity index (χ0n) is 11.8. The van der Waals surface area contributed by atoms with Crippen molar-refractivity contribution in [1.82, 2.24) is 5.32 Å². The molecule has 0 aromatic heterocycles. The fourth-order valence-electron chi connectivity index (χ4n) is 1.40. The molecule has 1 aromatic carbocycles. The fourth-order valence-corrected chi connectivity index (χ4v) is 1.40. The molecule has 1 aromatic rings. The van der Waals surface area contributed by atoms with Crippen LogP contribution in [0.5, 0.6) is 5.75 Å². The average molecular weight is 294 g/mol. The van der Waals surface area contributed by atoms with E-state index in [1.54, 1.807) is 0 Å². The SMILES string of the molecule is C[C@H](N)C(=O)N[C@@H](C)C(=O)OCC(=O)c1ccc(O)cc1. The predicted molar refractivity (Wildman–Crippen MR) is 74.7 cm³/mol. The van der Waals surface area contributed by atoms with Crippen LogP contribution in [-0.4, -0.2) is 41.5 Å². The van der Waals surface area contributed by atoms with Crippen LogP contribution in [0.2, 0.25) is 0 Å². The van der Waals surface area contributed by atoms with Gasteiger partial charge in [-0.15, -0.1) is 0 Å². The summed E-state index contributed by atoms with van der Waals surface area (Å²) >= 11 is 0. The summed E-state index contributed by atoms with van der Waals surface area (Å²) in [4.78, 5) is 34.7. The van der Waals surface area contributed by atoms with Gasteiger partial charge in [0.05, 0.1) is 6.04 Å². The molecule has 0 spiro atoms. The van der Waals surface area contributed by atoms with E-state index < -0.39 is 36.4 Å². The van der Waals surface area contributed by atoms with Crippen LogP contribution >= 0.6 is 0 Å². The van der Waals surface area contributed by atoms with E-state index in [0.717, 1.165) is 0 Å². The average Bonchev–Trinajstić information content (AvgIpc) is 2.44. The third kappa shape index (κ3) is 5.23. The summed E-state index contributed by atoms with van der Waals surface area (Å²) in [6, 6.07) is 3.94. The van der Waals surface area contributed by atoms with Crippen molar-refractivity contribution in [3.63, 3.8) is 0 Å². The van der Waals surface area contributed by atoms with Crippen molar-refractivity contribution in [2.75, 3.05) is 6.61 Å². The third-order valence-corrected chi connectivity index (χ3v) is 2.66. The maximum absolute atomic E-state index is 11.7. The van der Waals surface area contributed by atoms with E-state index in [1.807, 2.05) is 0 Å². The van der Waals surface area contributed by atoms with Gasteiger partial charge in [0.15, 0.2) is 12.4 Å². The number of esters is 1. The number of Topliss-reactive ketones (excluding diaryl/α,β-unsaturated/α-hetero) is 1. The predicted octanol–water partition coefficient (Wildman–Crippen LogP) is -0.0300. The van der Waals surface area contributed by atoms with Crippen LogP contribution < -0.4 is 11.1 Å². The second-order valence-corrected chi connectivity index (χ2v) is 4.60. The molecule has 7 heteroatoms. The Kier molecular flexibility index (Phi) is 5.86. The molecule has 0 saturated heterocycles. The standard InChI is InChI=1S/C14H18N2O5/c1-8(15)13(19)16-9(2)14(20)21-7-12(18)10-3-5-11(17)6-4-10/h3-6,8-9,17H,7,15H2,1-2H3,(H,16,19)/t8-,9-/m0/s1. The second-order valence-electron chi connectivity index (χ2n) is 4.60. The van der Waals surface area contributed by atoms with Crippen LogP contribution in [0.15, 0.2) is 24.3 Å². The van der Waals surface area contributed by atoms with Gasteiger partial charge in [0.1, 0.15) is 11.8 Å². The highest BCUT2D eigenvalue weighted by atomic mass is 16.5. The van der Waals surface area contributed by atoms with Crippen LogP contribution in [0, 0.1) is 0 Å². The molecule has 0 unspecified atom stereocenters. The highest BCUT2D eigenvalue weighted by Gasteiger charge is 2.20. The summed E-state index contributed by atoms with van der Waals surface area (Å²) in [5.74, 6) is -1.58. The topological polar surface area (TPSA) is 119 Å². The molecule has 0 radical (unpaired) electrons. The van der Waals surface area contributed by atoms with E-state index in [-0.39, 0.29) is 5.75 Å². The van der Waals surface area contributed by atoms with Gasteiger partial charge in [0, 0.05) is 5.56 Å². The summed E-state index contributed by atoms with van der Waals surface area (Å²) in [7, 11) is 0. The number of ketones is 1. The zero-order valence-corrected chi connectivity index (χ0v) is 11.8.